The van der Waals surface area contributed by atoms with E-state index in [1.807, 2.05) is 0 Å². The Morgan fingerprint density at radius 3 is 2.75 bits per heavy atom. The maximum Gasteiger partial charge on any atom is 0.291 e. The fourth-order valence-corrected chi connectivity index (χ4v) is 3.10. The standard InChI is InChI=1S/C13H14BrN3O2S/c1-3-9-4-5-10(20-9)6-15-13-12(14)8(2)11(7-16-13)17(18)19/h4-5,7H,3,6H2,1-2H3,(H,15,16). The summed E-state index contributed by atoms with van der Waals surface area (Å²) in [6.45, 7) is 4.49. The van der Waals surface area contributed by atoms with Crippen molar-refractivity contribution in [3.05, 3.63) is 48.2 Å². The van der Waals surface area contributed by atoms with Crippen molar-refractivity contribution in [2.24, 2.45) is 0 Å². The molecule has 0 radical (unpaired) electrons. The Bertz CT molecular complexity index is 643. The molecular formula is C13H14BrN3O2S. The van der Waals surface area contributed by atoms with E-state index in [1.165, 1.54) is 16.0 Å². The largest absolute Gasteiger partial charge is 0.364 e. The number of nitro groups is 1. The average Bonchev–Trinajstić information content (AvgIpc) is 2.88. The summed E-state index contributed by atoms with van der Waals surface area (Å²) in [4.78, 5) is 17.1. The zero-order valence-corrected chi connectivity index (χ0v) is 13.5. The minimum absolute atomic E-state index is 0.0202. The highest BCUT2D eigenvalue weighted by Gasteiger charge is 2.17. The normalized spacial score (nSPS) is 10.6. The summed E-state index contributed by atoms with van der Waals surface area (Å²) < 4.78 is 0.638. The second kappa shape index (κ2) is 6.32. The number of pyridine rings is 1. The molecular weight excluding hydrogens is 342 g/mol. The van der Waals surface area contributed by atoms with E-state index in [0.717, 1.165) is 6.42 Å². The number of rotatable bonds is 5. The second-order valence-electron chi connectivity index (χ2n) is 4.26. The Morgan fingerprint density at radius 1 is 1.45 bits per heavy atom. The molecule has 0 bridgehead atoms. The van der Waals surface area contributed by atoms with Gasteiger partial charge in [-0.25, -0.2) is 4.98 Å². The van der Waals surface area contributed by atoms with Gasteiger partial charge in [-0.2, -0.15) is 0 Å². The topological polar surface area (TPSA) is 68.1 Å². The quantitative estimate of drug-likeness (QED) is 0.641. The molecule has 0 atom stereocenters. The van der Waals surface area contributed by atoms with Crippen LogP contribution in [0.5, 0.6) is 0 Å². The predicted molar refractivity (Wildman–Crippen MR) is 84.4 cm³/mol. The molecule has 106 valence electrons. The summed E-state index contributed by atoms with van der Waals surface area (Å²) in [6.07, 6.45) is 2.32. The van der Waals surface area contributed by atoms with Crippen LogP contribution in [0.3, 0.4) is 0 Å². The molecule has 5 nitrogen and oxygen atoms in total. The minimum Gasteiger partial charge on any atom is -0.364 e. The molecule has 0 aromatic carbocycles. The number of anilines is 1. The highest BCUT2D eigenvalue weighted by molar-refractivity contribution is 9.10. The smallest absolute Gasteiger partial charge is 0.291 e. The summed E-state index contributed by atoms with van der Waals surface area (Å²) in [5.41, 5.74) is 0.597. The van der Waals surface area contributed by atoms with Crippen LogP contribution >= 0.6 is 27.3 Å². The maximum absolute atomic E-state index is 10.8. The third kappa shape index (κ3) is 3.16. The first-order valence-electron chi connectivity index (χ1n) is 6.13. The van der Waals surface area contributed by atoms with E-state index in [-0.39, 0.29) is 5.69 Å². The highest BCUT2D eigenvalue weighted by Crippen LogP contribution is 2.31. The first kappa shape index (κ1) is 14.9. The zero-order chi connectivity index (χ0) is 14.7. The molecule has 2 rings (SSSR count). The molecule has 0 aliphatic heterocycles. The van der Waals surface area contributed by atoms with Gasteiger partial charge in [0.05, 0.1) is 15.9 Å². The van der Waals surface area contributed by atoms with Crippen LogP contribution in [-0.4, -0.2) is 9.91 Å². The van der Waals surface area contributed by atoms with Crippen LogP contribution in [0.15, 0.2) is 22.8 Å². The van der Waals surface area contributed by atoms with Crippen LogP contribution in [0.1, 0.15) is 22.2 Å². The van der Waals surface area contributed by atoms with Gasteiger partial charge < -0.3 is 5.32 Å². The molecule has 7 heteroatoms. The summed E-state index contributed by atoms with van der Waals surface area (Å²) >= 11 is 5.12. The number of nitrogens with zero attached hydrogens (tertiary/aromatic N) is 2. The van der Waals surface area contributed by atoms with Gasteiger partial charge in [-0.3, -0.25) is 10.1 Å². The Morgan fingerprint density at radius 2 is 2.15 bits per heavy atom. The van der Waals surface area contributed by atoms with E-state index >= 15 is 0 Å². The molecule has 0 saturated carbocycles. The van der Waals surface area contributed by atoms with E-state index in [2.05, 4.69) is 45.3 Å². The number of aromatic nitrogens is 1. The van der Waals surface area contributed by atoms with Crippen molar-refractivity contribution in [3.63, 3.8) is 0 Å². The second-order valence-corrected chi connectivity index (χ2v) is 6.31. The molecule has 0 saturated heterocycles. The minimum atomic E-state index is -0.427. The lowest BCUT2D eigenvalue weighted by molar-refractivity contribution is -0.385. The summed E-state index contributed by atoms with van der Waals surface area (Å²) in [6, 6.07) is 4.20. The molecule has 0 spiro atoms. The Balaban J connectivity index is 2.14. The van der Waals surface area contributed by atoms with Crippen LogP contribution in [0, 0.1) is 17.0 Å². The van der Waals surface area contributed by atoms with Crippen LogP contribution in [-0.2, 0) is 13.0 Å². The predicted octanol–water partition coefficient (Wildman–Crippen LogP) is 4.30. The lowest BCUT2D eigenvalue weighted by Crippen LogP contribution is -2.03. The average molecular weight is 356 g/mol. The van der Waals surface area contributed by atoms with Crippen molar-refractivity contribution < 1.29 is 4.92 Å². The van der Waals surface area contributed by atoms with Crippen LogP contribution in [0.2, 0.25) is 0 Å². The van der Waals surface area contributed by atoms with Crippen molar-refractivity contribution in [1.29, 1.82) is 0 Å². The van der Waals surface area contributed by atoms with Gasteiger partial charge >= 0.3 is 0 Å². The third-order valence-corrected chi connectivity index (χ3v) is 5.13. The number of thiophene rings is 1. The van der Waals surface area contributed by atoms with Crippen LogP contribution in [0.25, 0.3) is 0 Å². The van der Waals surface area contributed by atoms with E-state index in [0.29, 0.717) is 22.4 Å². The molecule has 0 unspecified atom stereocenters. The molecule has 2 aromatic rings. The number of nitrogens with one attached hydrogen (secondary N) is 1. The Labute approximate surface area is 129 Å². The monoisotopic (exact) mass is 355 g/mol. The maximum atomic E-state index is 10.8. The molecule has 0 aliphatic carbocycles. The number of halogens is 1. The van der Waals surface area contributed by atoms with Gasteiger partial charge in [-0.15, -0.1) is 11.3 Å². The van der Waals surface area contributed by atoms with E-state index in [1.54, 1.807) is 18.3 Å². The van der Waals surface area contributed by atoms with Crippen LogP contribution < -0.4 is 5.32 Å². The molecule has 0 amide bonds. The van der Waals surface area contributed by atoms with Gasteiger partial charge in [0.15, 0.2) is 0 Å². The van der Waals surface area contributed by atoms with Crippen molar-refractivity contribution in [2.75, 3.05) is 5.32 Å². The first-order chi connectivity index (χ1) is 9.52. The summed E-state index contributed by atoms with van der Waals surface area (Å²) in [5.74, 6) is 0.625. The molecule has 0 aliphatic rings. The lowest BCUT2D eigenvalue weighted by atomic mass is 10.2. The van der Waals surface area contributed by atoms with Gasteiger partial charge in [-0.1, -0.05) is 6.92 Å². The van der Waals surface area contributed by atoms with Crippen molar-refractivity contribution in [1.82, 2.24) is 4.98 Å². The zero-order valence-electron chi connectivity index (χ0n) is 11.1. The van der Waals surface area contributed by atoms with Crippen LogP contribution in [0.4, 0.5) is 11.5 Å². The SMILES string of the molecule is CCc1ccc(CNc2ncc([N+](=O)[O-])c(C)c2Br)s1. The molecule has 0 fully saturated rings. The van der Waals surface area contributed by atoms with Gasteiger partial charge in [-0.05, 0) is 41.4 Å². The number of aryl methyl sites for hydroxylation is 1. The van der Waals surface area contributed by atoms with Crippen molar-refractivity contribution in [2.45, 2.75) is 26.8 Å². The molecule has 1 N–H and O–H groups in total. The lowest BCUT2D eigenvalue weighted by Gasteiger charge is -2.08. The van der Waals surface area contributed by atoms with E-state index in [4.69, 9.17) is 0 Å². The van der Waals surface area contributed by atoms with Gasteiger partial charge in [0.2, 0.25) is 0 Å². The highest BCUT2D eigenvalue weighted by atomic mass is 79.9. The number of hydrogen-bond acceptors (Lipinski definition) is 5. The Hall–Kier alpha value is -1.47. The molecule has 2 heterocycles. The van der Waals surface area contributed by atoms with Crippen molar-refractivity contribution in [3.8, 4) is 0 Å². The van der Waals surface area contributed by atoms with Gasteiger partial charge in [0.1, 0.15) is 12.0 Å². The summed E-state index contributed by atoms with van der Waals surface area (Å²) in [7, 11) is 0. The van der Waals surface area contributed by atoms with Crippen molar-refractivity contribution >= 4 is 38.8 Å². The number of hydrogen-bond donors (Lipinski definition) is 1. The molecule has 20 heavy (non-hydrogen) atoms. The van der Waals surface area contributed by atoms with Gasteiger partial charge in [0.25, 0.3) is 5.69 Å². The fourth-order valence-electron chi connectivity index (χ4n) is 1.75. The first-order valence-corrected chi connectivity index (χ1v) is 7.74. The Kier molecular flexibility index (Phi) is 4.72. The van der Waals surface area contributed by atoms with Gasteiger partial charge in [0, 0.05) is 15.3 Å². The fraction of sp³-hybridized carbons (Fsp3) is 0.308. The van der Waals surface area contributed by atoms with E-state index in [9.17, 15) is 10.1 Å². The summed E-state index contributed by atoms with van der Waals surface area (Å²) in [5, 5.41) is 14.0. The molecule has 2 aromatic heterocycles. The third-order valence-electron chi connectivity index (χ3n) is 2.93. The van der Waals surface area contributed by atoms with E-state index < -0.39 is 4.92 Å².